The Balaban J connectivity index is 1.54. The Morgan fingerprint density at radius 3 is 1.92 bits per heavy atom. The molecule has 0 unspecified atom stereocenters. The van der Waals surface area contributed by atoms with Gasteiger partial charge in [-0.2, -0.15) is 0 Å². The van der Waals surface area contributed by atoms with Gasteiger partial charge < -0.3 is 0 Å². The summed E-state index contributed by atoms with van der Waals surface area (Å²) in [5, 5.41) is -0.0732. The zero-order valence-corrected chi connectivity index (χ0v) is 20.1. The van der Waals surface area contributed by atoms with Crippen LogP contribution >= 0.6 is 11.3 Å². The monoisotopic (exact) mass is 520 g/mol. The maximum Gasteiger partial charge on any atom is 0.164 e. The van der Waals surface area contributed by atoms with E-state index < -0.39 is 71.8 Å². The van der Waals surface area contributed by atoms with E-state index in [1.54, 1.807) is 24.3 Å². The van der Waals surface area contributed by atoms with Crippen molar-refractivity contribution in [2.45, 2.75) is 0 Å². The second kappa shape index (κ2) is 9.29. The first kappa shape index (κ1) is 13.7. The molecule has 180 valence electrons. The van der Waals surface area contributed by atoms with Crippen LogP contribution in [0.15, 0.2) is 121 Å². The Hall–Kier alpha value is -4.74. The van der Waals surface area contributed by atoms with Crippen LogP contribution in [0.3, 0.4) is 0 Å². The summed E-state index contributed by atoms with van der Waals surface area (Å²) in [6.07, 6.45) is 0. The van der Waals surface area contributed by atoms with Crippen LogP contribution in [-0.4, -0.2) is 15.0 Å². The van der Waals surface area contributed by atoms with Crippen molar-refractivity contribution >= 4 is 31.5 Å². The minimum Gasteiger partial charge on any atom is -0.208 e. The van der Waals surface area contributed by atoms with Crippen LogP contribution in [0.5, 0.6) is 0 Å². The molecule has 0 aliphatic carbocycles. The number of halogens is 1. The molecular weight excluding hydrogens is 489 g/mol. The van der Waals surface area contributed by atoms with Crippen molar-refractivity contribution in [2.75, 3.05) is 0 Å². The van der Waals surface area contributed by atoms with Crippen molar-refractivity contribution in [3.63, 3.8) is 0 Å². The fourth-order valence-corrected chi connectivity index (χ4v) is 4.90. The molecule has 0 amide bonds. The fraction of sp³-hybridized carbons (Fsp3) is 0. The lowest BCUT2D eigenvalue weighted by Gasteiger charge is -2.08. The predicted molar refractivity (Wildman–Crippen MR) is 154 cm³/mol. The summed E-state index contributed by atoms with van der Waals surface area (Å²) >= 11 is 0.870. The van der Waals surface area contributed by atoms with E-state index in [9.17, 15) is 5.76 Å². The van der Waals surface area contributed by atoms with E-state index in [1.807, 2.05) is 6.07 Å². The summed E-state index contributed by atoms with van der Waals surface area (Å²) in [6.45, 7) is 0. The smallest absolute Gasteiger partial charge is 0.164 e. The highest BCUT2D eigenvalue weighted by atomic mass is 32.1. The molecule has 0 N–H and O–H groups in total. The largest absolute Gasteiger partial charge is 0.208 e. The first-order valence-corrected chi connectivity index (χ1v) is 12.2. The fourth-order valence-electron chi connectivity index (χ4n) is 3.93. The van der Waals surface area contributed by atoms with Gasteiger partial charge in [-0.15, -0.1) is 11.3 Å². The molecular formula is C33H20FN3S. The van der Waals surface area contributed by atoms with Gasteiger partial charge in [0.05, 0.1) is 15.1 Å². The van der Waals surface area contributed by atoms with Gasteiger partial charge in [0.1, 0.15) is 5.82 Å². The summed E-state index contributed by atoms with van der Waals surface area (Å²) in [6, 6.07) is 8.45. The summed E-state index contributed by atoms with van der Waals surface area (Å²) < 4.78 is 109. The van der Waals surface area contributed by atoms with E-state index in [1.165, 1.54) is 24.3 Å². The molecule has 0 atom stereocenters. The topological polar surface area (TPSA) is 38.7 Å². The summed E-state index contributed by atoms with van der Waals surface area (Å²) in [7, 11) is 0. The van der Waals surface area contributed by atoms with Crippen molar-refractivity contribution in [1.82, 2.24) is 15.0 Å². The van der Waals surface area contributed by atoms with E-state index in [2.05, 4.69) is 15.0 Å². The Morgan fingerprint density at radius 2 is 1.18 bits per heavy atom. The van der Waals surface area contributed by atoms with E-state index in [0.717, 1.165) is 11.3 Å². The van der Waals surface area contributed by atoms with Crippen molar-refractivity contribution < 1.29 is 19.5 Å². The van der Waals surface area contributed by atoms with Gasteiger partial charge in [-0.1, -0.05) is 78.7 Å². The molecule has 7 rings (SSSR count). The van der Waals surface area contributed by atoms with Crippen LogP contribution < -0.4 is 0 Å². The van der Waals surface area contributed by atoms with Gasteiger partial charge >= 0.3 is 0 Å². The first-order valence-electron chi connectivity index (χ1n) is 16.9. The van der Waals surface area contributed by atoms with Gasteiger partial charge in [0, 0.05) is 36.9 Å². The van der Waals surface area contributed by atoms with Gasteiger partial charge in [-0.05, 0) is 53.5 Å². The minimum atomic E-state index is -0.670. The lowest BCUT2D eigenvalue weighted by molar-refractivity contribution is 0.628. The molecule has 0 spiro atoms. The summed E-state index contributed by atoms with van der Waals surface area (Å²) in [5.74, 6) is -0.232. The van der Waals surface area contributed by atoms with Crippen LogP contribution in [0, 0.1) is 5.82 Å². The Labute approximate surface area is 238 Å². The third kappa shape index (κ3) is 4.13. The second-order valence-corrected chi connectivity index (χ2v) is 9.21. The van der Waals surface area contributed by atoms with Gasteiger partial charge in [0.15, 0.2) is 17.5 Å². The Kier molecular flexibility index (Phi) is 3.35. The van der Waals surface area contributed by atoms with Crippen molar-refractivity contribution in [3.05, 3.63) is 127 Å². The maximum absolute atomic E-state index is 13.8. The number of fused-ring (bicyclic) bond motifs is 3. The quantitative estimate of drug-likeness (QED) is 0.232. The molecule has 0 saturated heterocycles. The van der Waals surface area contributed by atoms with Gasteiger partial charge in [-0.3, -0.25) is 0 Å². The van der Waals surface area contributed by atoms with Gasteiger partial charge in [0.25, 0.3) is 0 Å². The predicted octanol–water partition coefficient (Wildman–Crippen LogP) is 9.05. The molecule has 0 saturated carbocycles. The lowest BCUT2D eigenvalue weighted by atomic mass is 10.0. The van der Waals surface area contributed by atoms with Crippen LogP contribution in [0.1, 0.15) is 15.1 Å². The zero-order chi connectivity index (χ0) is 35.0. The standard InChI is InChI=1S/C33H20FN3S/c34-26-15-11-23(12-16-26)32-35-31(22-9-5-2-6-10-22)36-33(37-32)25-13-17-27-28-19-24(21-7-3-1-4-8-21)14-18-29(28)38-30(27)20-25/h1-20H/i1D,3D,4D,7D,8D,13D,14D,17D,18D,19D,20D. The molecule has 2 heterocycles. The highest BCUT2D eigenvalue weighted by Gasteiger charge is 2.14. The zero-order valence-electron chi connectivity index (χ0n) is 30.3. The average molecular weight is 521 g/mol. The number of hydrogen-bond donors (Lipinski definition) is 0. The molecule has 5 heteroatoms. The number of nitrogens with zero attached hydrogens (tertiary/aromatic N) is 3. The summed E-state index contributed by atoms with van der Waals surface area (Å²) in [5.41, 5.74) is 0.104. The van der Waals surface area contributed by atoms with E-state index in [0.29, 0.717) is 11.1 Å². The highest BCUT2D eigenvalue weighted by molar-refractivity contribution is 7.25. The molecule has 38 heavy (non-hydrogen) atoms. The first-order chi connectivity index (χ1) is 23.3. The van der Waals surface area contributed by atoms with Crippen LogP contribution in [0.2, 0.25) is 0 Å². The number of benzene rings is 5. The second-order valence-electron chi connectivity index (χ2n) is 8.19. The van der Waals surface area contributed by atoms with Crippen LogP contribution in [0.25, 0.3) is 65.5 Å². The summed E-state index contributed by atoms with van der Waals surface area (Å²) in [4.78, 5) is 13.7. The third-order valence-corrected chi connectivity index (χ3v) is 6.77. The Bertz CT molecular complexity index is 2500. The molecule has 0 bridgehead atoms. The number of thiophene rings is 1. The van der Waals surface area contributed by atoms with Gasteiger partial charge in [-0.25, -0.2) is 19.3 Å². The van der Waals surface area contributed by atoms with Crippen LogP contribution in [-0.2, 0) is 0 Å². The molecule has 0 aliphatic heterocycles. The maximum atomic E-state index is 13.8. The van der Waals surface area contributed by atoms with Crippen molar-refractivity contribution in [1.29, 1.82) is 0 Å². The SMILES string of the molecule is [2H]c1c([2H])c([2H])c(-c2c([2H])c([2H])c3sc4c([2H])c(-c5nc(-c6ccccc6)nc(-c6ccc(F)cc6)n5)c([2H])c([2H])c4c3c2[2H])c([2H])c1[2H]. The van der Waals surface area contributed by atoms with Crippen molar-refractivity contribution in [2.24, 2.45) is 0 Å². The van der Waals surface area contributed by atoms with E-state index in [-0.39, 0.29) is 54.8 Å². The minimum absolute atomic E-state index is 0.0260. The van der Waals surface area contributed by atoms with E-state index in [4.69, 9.17) is 13.7 Å². The number of rotatable bonds is 4. The molecule has 5 aromatic carbocycles. The van der Waals surface area contributed by atoms with Crippen molar-refractivity contribution in [3.8, 4) is 45.3 Å². The average Bonchev–Trinajstić information content (AvgIpc) is 3.52. The van der Waals surface area contributed by atoms with Gasteiger partial charge in [0.2, 0.25) is 0 Å². The number of hydrogen-bond acceptors (Lipinski definition) is 4. The van der Waals surface area contributed by atoms with Crippen LogP contribution in [0.4, 0.5) is 4.39 Å². The molecule has 0 aliphatic rings. The number of aromatic nitrogens is 3. The molecule has 3 nitrogen and oxygen atoms in total. The highest BCUT2D eigenvalue weighted by Crippen LogP contribution is 2.38. The molecule has 0 fully saturated rings. The molecule has 7 aromatic rings. The molecule has 0 radical (unpaired) electrons. The van der Waals surface area contributed by atoms with E-state index >= 15 is 0 Å². The molecule has 2 aromatic heterocycles. The normalized spacial score (nSPS) is 15.3. The Morgan fingerprint density at radius 1 is 0.526 bits per heavy atom. The third-order valence-electron chi connectivity index (χ3n) is 5.75. The lowest BCUT2D eigenvalue weighted by Crippen LogP contribution is -2.00.